The van der Waals surface area contributed by atoms with Gasteiger partial charge < -0.3 is 20.9 Å². The molecule has 0 heterocycles. The standard InChI is InChI=1S/C26H36N2O4/c1-2-3-4-5-6-7-19-32-23-16-14-21(15-17-23)20-10-12-22(13-11-20)25(29)28-24(26(30)31)9-8-18-27/h10-17,24H,2-9,18-19,27H2,1H3,(H,28,29)(H,30,31)/t24-/m0/s1. The molecule has 1 atom stereocenters. The maximum Gasteiger partial charge on any atom is 0.326 e. The maximum absolute atomic E-state index is 12.4. The number of hydrogen-bond donors (Lipinski definition) is 3. The van der Waals surface area contributed by atoms with Crippen molar-refractivity contribution in [2.75, 3.05) is 13.2 Å². The van der Waals surface area contributed by atoms with Gasteiger partial charge in [-0.05, 0) is 61.2 Å². The molecule has 2 rings (SSSR count). The van der Waals surface area contributed by atoms with Gasteiger partial charge in [-0.15, -0.1) is 0 Å². The summed E-state index contributed by atoms with van der Waals surface area (Å²) in [5.41, 5.74) is 7.86. The Balaban J connectivity index is 1.85. The van der Waals surface area contributed by atoms with Crippen LogP contribution in [0, 0.1) is 0 Å². The number of hydrogen-bond acceptors (Lipinski definition) is 4. The fourth-order valence-electron chi connectivity index (χ4n) is 3.45. The van der Waals surface area contributed by atoms with E-state index in [4.69, 9.17) is 10.5 Å². The molecule has 4 N–H and O–H groups in total. The summed E-state index contributed by atoms with van der Waals surface area (Å²) in [5, 5.41) is 11.8. The van der Waals surface area contributed by atoms with Crippen LogP contribution in [-0.4, -0.2) is 36.2 Å². The van der Waals surface area contributed by atoms with Gasteiger partial charge >= 0.3 is 5.97 Å². The van der Waals surface area contributed by atoms with E-state index in [1.54, 1.807) is 12.1 Å². The van der Waals surface area contributed by atoms with Gasteiger partial charge in [0, 0.05) is 5.56 Å². The topological polar surface area (TPSA) is 102 Å². The van der Waals surface area contributed by atoms with Gasteiger partial charge in [-0.2, -0.15) is 0 Å². The first kappa shape index (κ1) is 25.4. The van der Waals surface area contributed by atoms with Gasteiger partial charge in [0.15, 0.2) is 0 Å². The van der Waals surface area contributed by atoms with Crippen LogP contribution in [0.15, 0.2) is 48.5 Å². The summed E-state index contributed by atoms with van der Waals surface area (Å²) < 4.78 is 5.83. The number of rotatable bonds is 15. The summed E-state index contributed by atoms with van der Waals surface area (Å²) in [6, 6.07) is 14.1. The lowest BCUT2D eigenvalue weighted by Crippen LogP contribution is -2.41. The van der Waals surface area contributed by atoms with Gasteiger partial charge in [-0.3, -0.25) is 4.79 Å². The minimum absolute atomic E-state index is 0.308. The third-order valence-electron chi connectivity index (χ3n) is 5.40. The zero-order chi connectivity index (χ0) is 23.2. The van der Waals surface area contributed by atoms with Crippen molar-refractivity contribution >= 4 is 11.9 Å². The van der Waals surface area contributed by atoms with Crippen molar-refractivity contribution in [3.8, 4) is 16.9 Å². The van der Waals surface area contributed by atoms with Crippen LogP contribution >= 0.6 is 0 Å². The van der Waals surface area contributed by atoms with E-state index in [-0.39, 0.29) is 0 Å². The summed E-state index contributed by atoms with van der Waals surface area (Å²) in [5.74, 6) is -0.600. The number of carbonyl (C=O) groups is 2. The molecule has 0 spiro atoms. The van der Waals surface area contributed by atoms with Crippen molar-refractivity contribution in [2.24, 2.45) is 5.73 Å². The molecular formula is C26H36N2O4. The Labute approximate surface area is 191 Å². The molecule has 0 unspecified atom stereocenters. The van der Waals surface area contributed by atoms with Crippen molar-refractivity contribution in [2.45, 2.75) is 64.3 Å². The number of nitrogens with one attached hydrogen (secondary N) is 1. The van der Waals surface area contributed by atoms with Crippen LogP contribution in [0.3, 0.4) is 0 Å². The Morgan fingerprint density at radius 2 is 1.50 bits per heavy atom. The molecule has 0 aliphatic carbocycles. The molecule has 0 fully saturated rings. The van der Waals surface area contributed by atoms with E-state index in [0.717, 1.165) is 29.9 Å². The lowest BCUT2D eigenvalue weighted by molar-refractivity contribution is -0.139. The minimum atomic E-state index is -1.05. The number of carboxylic acid groups (broad SMARTS) is 1. The molecule has 2 aromatic carbocycles. The zero-order valence-corrected chi connectivity index (χ0v) is 19.0. The van der Waals surface area contributed by atoms with Gasteiger partial charge in [0.25, 0.3) is 5.91 Å². The molecule has 0 aliphatic rings. The molecule has 0 aromatic heterocycles. The van der Waals surface area contributed by atoms with E-state index < -0.39 is 17.9 Å². The number of benzene rings is 2. The average Bonchev–Trinajstić information content (AvgIpc) is 2.81. The van der Waals surface area contributed by atoms with Gasteiger partial charge in [0.05, 0.1) is 6.61 Å². The lowest BCUT2D eigenvalue weighted by atomic mass is 10.0. The van der Waals surface area contributed by atoms with Gasteiger partial charge in [-0.1, -0.05) is 63.3 Å². The van der Waals surface area contributed by atoms with Crippen molar-refractivity contribution in [1.82, 2.24) is 5.32 Å². The van der Waals surface area contributed by atoms with E-state index in [9.17, 15) is 14.7 Å². The largest absolute Gasteiger partial charge is 0.494 e. The molecule has 174 valence electrons. The normalized spacial score (nSPS) is 11.7. The molecule has 1 amide bonds. The molecule has 6 heteroatoms. The highest BCUT2D eigenvalue weighted by atomic mass is 16.5. The number of unbranched alkanes of at least 4 members (excludes halogenated alkanes) is 5. The highest BCUT2D eigenvalue weighted by Crippen LogP contribution is 2.23. The Morgan fingerprint density at radius 3 is 2.09 bits per heavy atom. The number of nitrogens with two attached hydrogens (primary N) is 1. The highest BCUT2D eigenvalue weighted by Gasteiger charge is 2.20. The van der Waals surface area contributed by atoms with Crippen LogP contribution < -0.4 is 15.8 Å². The summed E-state index contributed by atoms with van der Waals surface area (Å²) in [4.78, 5) is 23.7. The smallest absolute Gasteiger partial charge is 0.326 e. The first-order valence-corrected chi connectivity index (χ1v) is 11.6. The number of carbonyl (C=O) groups excluding carboxylic acids is 1. The van der Waals surface area contributed by atoms with Crippen LogP contribution in [0.4, 0.5) is 0 Å². The van der Waals surface area contributed by atoms with Crippen LogP contribution in [0.1, 0.15) is 68.6 Å². The van der Waals surface area contributed by atoms with E-state index in [1.165, 1.54) is 32.1 Å². The third-order valence-corrected chi connectivity index (χ3v) is 5.40. The lowest BCUT2D eigenvalue weighted by Gasteiger charge is -2.14. The summed E-state index contributed by atoms with van der Waals surface area (Å²) in [6.45, 7) is 3.34. The van der Waals surface area contributed by atoms with Crippen LogP contribution in [0.2, 0.25) is 0 Å². The van der Waals surface area contributed by atoms with E-state index in [1.807, 2.05) is 36.4 Å². The van der Waals surface area contributed by atoms with Crippen molar-refractivity contribution < 1.29 is 19.4 Å². The summed E-state index contributed by atoms with van der Waals surface area (Å²) in [6.07, 6.45) is 8.28. The van der Waals surface area contributed by atoms with Crippen molar-refractivity contribution in [3.63, 3.8) is 0 Å². The third kappa shape index (κ3) is 8.71. The number of aliphatic carboxylic acids is 1. The summed E-state index contributed by atoms with van der Waals surface area (Å²) in [7, 11) is 0. The number of ether oxygens (including phenoxy) is 1. The molecular weight excluding hydrogens is 404 g/mol. The fraction of sp³-hybridized carbons (Fsp3) is 0.462. The first-order chi connectivity index (χ1) is 15.5. The zero-order valence-electron chi connectivity index (χ0n) is 19.0. The number of amides is 1. The maximum atomic E-state index is 12.4. The molecule has 0 bridgehead atoms. The Morgan fingerprint density at radius 1 is 0.906 bits per heavy atom. The average molecular weight is 441 g/mol. The SMILES string of the molecule is CCCCCCCCOc1ccc(-c2ccc(C(=O)N[C@@H](CCCN)C(=O)O)cc2)cc1. The minimum Gasteiger partial charge on any atom is -0.494 e. The van der Waals surface area contributed by atoms with Gasteiger partial charge in [-0.25, -0.2) is 4.79 Å². The fourth-order valence-corrected chi connectivity index (χ4v) is 3.45. The Bertz CT molecular complexity index is 819. The van der Waals surface area contributed by atoms with Crippen molar-refractivity contribution in [1.29, 1.82) is 0 Å². The number of carboxylic acids is 1. The monoisotopic (exact) mass is 440 g/mol. The molecule has 32 heavy (non-hydrogen) atoms. The van der Waals surface area contributed by atoms with E-state index in [0.29, 0.717) is 24.9 Å². The second-order valence-corrected chi connectivity index (χ2v) is 8.01. The van der Waals surface area contributed by atoms with Crippen LogP contribution in [0.25, 0.3) is 11.1 Å². The van der Waals surface area contributed by atoms with Gasteiger partial charge in [0.1, 0.15) is 11.8 Å². The van der Waals surface area contributed by atoms with Crippen molar-refractivity contribution in [3.05, 3.63) is 54.1 Å². The molecule has 0 saturated heterocycles. The van der Waals surface area contributed by atoms with Crippen LogP contribution in [-0.2, 0) is 4.79 Å². The highest BCUT2D eigenvalue weighted by molar-refractivity contribution is 5.97. The first-order valence-electron chi connectivity index (χ1n) is 11.6. The van der Waals surface area contributed by atoms with Gasteiger partial charge in [0.2, 0.25) is 0 Å². The second kappa shape index (κ2) is 14.2. The molecule has 6 nitrogen and oxygen atoms in total. The Kier molecular flexibility index (Phi) is 11.3. The molecule has 0 aliphatic heterocycles. The summed E-state index contributed by atoms with van der Waals surface area (Å²) >= 11 is 0. The predicted octanol–water partition coefficient (Wildman–Crippen LogP) is 5.01. The molecule has 2 aromatic rings. The quantitative estimate of drug-likeness (QED) is 0.338. The van der Waals surface area contributed by atoms with E-state index >= 15 is 0 Å². The second-order valence-electron chi connectivity index (χ2n) is 8.01. The van der Waals surface area contributed by atoms with Crippen LogP contribution in [0.5, 0.6) is 5.75 Å². The Hall–Kier alpha value is -2.86. The molecule has 0 radical (unpaired) electrons. The molecule has 0 saturated carbocycles. The van der Waals surface area contributed by atoms with E-state index in [2.05, 4.69) is 12.2 Å². The predicted molar refractivity (Wildman–Crippen MR) is 128 cm³/mol.